The zero-order valence-corrected chi connectivity index (χ0v) is 14.8. The highest BCUT2D eigenvalue weighted by atomic mass is 35.5. The number of rotatable bonds is 4. The molecule has 136 valence electrons. The molecule has 9 heteroatoms. The molecule has 27 heavy (non-hydrogen) atoms. The Morgan fingerprint density at radius 2 is 2.11 bits per heavy atom. The van der Waals surface area contributed by atoms with Crippen LogP contribution in [0.2, 0.25) is 5.02 Å². The van der Waals surface area contributed by atoms with Crippen molar-refractivity contribution in [2.45, 2.75) is 0 Å². The highest BCUT2D eigenvalue weighted by Crippen LogP contribution is 2.29. The number of anilines is 2. The first-order chi connectivity index (χ1) is 13.1. The number of amides is 3. The van der Waals surface area contributed by atoms with Crippen LogP contribution in [0.5, 0.6) is 0 Å². The molecule has 1 fully saturated rings. The monoisotopic (exact) mass is 382 g/mol. The number of carbonyl (C=O) groups is 2. The van der Waals surface area contributed by atoms with Crippen LogP contribution in [0.1, 0.15) is 10.4 Å². The highest BCUT2D eigenvalue weighted by molar-refractivity contribution is 6.34. The molecule has 2 aromatic heterocycles. The van der Waals surface area contributed by atoms with Gasteiger partial charge in [-0.1, -0.05) is 11.6 Å². The fourth-order valence-corrected chi connectivity index (χ4v) is 3.07. The molecule has 0 aliphatic carbocycles. The average molecular weight is 383 g/mol. The van der Waals surface area contributed by atoms with E-state index < -0.39 is 0 Å². The number of nitrogens with one attached hydrogen (secondary N) is 2. The molecule has 0 bridgehead atoms. The third-order valence-electron chi connectivity index (χ3n) is 4.15. The van der Waals surface area contributed by atoms with Crippen molar-refractivity contribution in [2.24, 2.45) is 0 Å². The normalized spacial score (nSPS) is 13.5. The largest absolute Gasteiger partial charge is 0.336 e. The van der Waals surface area contributed by atoms with E-state index in [0.717, 1.165) is 0 Å². The van der Waals surface area contributed by atoms with E-state index >= 15 is 0 Å². The standard InChI is InChI=1S/C18H15ClN6O2/c19-13-3-2-12(10-16(13)24-9-7-21-18(24)27)17(26)23-14-11-20-6-4-15(14)25-8-1-5-22-25/h1-6,8,10-11H,7,9H2,(H,21,27)(H,23,26). The maximum Gasteiger partial charge on any atom is 0.322 e. The zero-order valence-electron chi connectivity index (χ0n) is 14.1. The van der Waals surface area contributed by atoms with E-state index in [9.17, 15) is 9.59 Å². The van der Waals surface area contributed by atoms with Gasteiger partial charge in [0, 0.05) is 37.2 Å². The number of hydrogen-bond acceptors (Lipinski definition) is 4. The van der Waals surface area contributed by atoms with E-state index in [1.54, 1.807) is 59.8 Å². The average Bonchev–Trinajstić information content (AvgIpc) is 3.34. The minimum Gasteiger partial charge on any atom is -0.336 e. The van der Waals surface area contributed by atoms with Crippen molar-refractivity contribution in [1.82, 2.24) is 20.1 Å². The van der Waals surface area contributed by atoms with E-state index in [2.05, 4.69) is 20.7 Å². The molecule has 1 aliphatic rings. The molecule has 4 rings (SSSR count). The summed E-state index contributed by atoms with van der Waals surface area (Å²) in [5.41, 5.74) is 2.08. The number of aromatic nitrogens is 3. The quantitative estimate of drug-likeness (QED) is 0.725. The predicted molar refractivity (Wildman–Crippen MR) is 102 cm³/mol. The van der Waals surface area contributed by atoms with Gasteiger partial charge >= 0.3 is 6.03 Å². The van der Waals surface area contributed by atoms with Gasteiger partial charge in [-0.25, -0.2) is 9.48 Å². The molecule has 1 aliphatic heterocycles. The van der Waals surface area contributed by atoms with Crippen molar-refractivity contribution in [3.63, 3.8) is 0 Å². The molecule has 3 aromatic rings. The minimum atomic E-state index is -0.339. The lowest BCUT2D eigenvalue weighted by Gasteiger charge is -2.17. The van der Waals surface area contributed by atoms with E-state index in [1.807, 2.05) is 0 Å². The zero-order chi connectivity index (χ0) is 18.8. The molecule has 0 saturated carbocycles. The molecular formula is C18H15ClN6O2. The fourth-order valence-electron chi connectivity index (χ4n) is 2.85. The van der Waals surface area contributed by atoms with Crippen LogP contribution in [-0.4, -0.2) is 39.8 Å². The summed E-state index contributed by atoms with van der Waals surface area (Å²) in [6.45, 7) is 1.03. The van der Waals surface area contributed by atoms with Crippen molar-refractivity contribution in [3.8, 4) is 5.69 Å². The first-order valence-electron chi connectivity index (χ1n) is 8.24. The third-order valence-corrected chi connectivity index (χ3v) is 4.47. The van der Waals surface area contributed by atoms with Crippen LogP contribution in [-0.2, 0) is 0 Å². The van der Waals surface area contributed by atoms with Crippen LogP contribution >= 0.6 is 11.6 Å². The molecule has 2 N–H and O–H groups in total. The van der Waals surface area contributed by atoms with Crippen LogP contribution in [0, 0.1) is 0 Å². The Kier molecular flexibility index (Phi) is 4.47. The summed E-state index contributed by atoms with van der Waals surface area (Å²) in [5.74, 6) is -0.339. The van der Waals surface area contributed by atoms with Crippen LogP contribution in [0.3, 0.4) is 0 Å². The number of benzene rings is 1. The Morgan fingerprint density at radius 3 is 2.85 bits per heavy atom. The summed E-state index contributed by atoms with van der Waals surface area (Å²) in [7, 11) is 0. The van der Waals surface area contributed by atoms with Gasteiger partial charge in [0.25, 0.3) is 5.91 Å². The summed E-state index contributed by atoms with van der Waals surface area (Å²) >= 11 is 6.22. The van der Waals surface area contributed by atoms with Crippen molar-refractivity contribution in [2.75, 3.05) is 23.3 Å². The second kappa shape index (κ2) is 7.08. The minimum absolute atomic E-state index is 0.234. The number of hydrogen-bond donors (Lipinski definition) is 2. The molecule has 1 aromatic carbocycles. The summed E-state index contributed by atoms with van der Waals surface area (Å²) in [6.07, 6.45) is 6.61. The van der Waals surface area contributed by atoms with E-state index in [4.69, 9.17) is 11.6 Å². The van der Waals surface area contributed by atoms with Gasteiger partial charge in [0.2, 0.25) is 0 Å². The Bertz CT molecular complexity index is 1000. The second-order valence-electron chi connectivity index (χ2n) is 5.85. The van der Waals surface area contributed by atoms with Crippen molar-refractivity contribution < 1.29 is 9.59 Å². The summed E-state index contributed by atoms with van der Waals surface area (Å²) < 4.78 is 1.64. The number of halogens is 1. The number of urea groups is 1. The highest BCUT2D eigenvalue weighted by Gasteiger charge is 2.24. The summed E-state index contributed by atoms with van der Waals surface area (Å²) in [6, 6.07) is 8.13. The molecular weight excluding hydrogens is 368 g/mol. The maximum atomic E-state index is 12.8. The lowest BCUT2D eigenvalue weighted by Crippen LogP contribution is -2.28. The van der Waals surface area contributed by atoms with Gasteiger partial charge in [0.15, 0.2) is 0 Å². The smallest absolute Gasteiger partial charge is 0.322 e. The Morgan fingerprint density at radius 1 is 1.22 bits per heavy atom. The first-order valence-corrected chi connectivity index (χ1v) is 8.61. The van der Waals surface area contributed by atoms with Crippen LogP contribution in [0.15, 0.2) is 55.1 Å². The molecule has 0 unspecified atom stereocenters. The topological polar surface area (TPSA) is 92.2 Å². The van der Waals surface area contributed by atoms with E-state index in [-0.39, 0.29) is 11.9 Å². The lowest BCUT2D eigenvalue weighted by molar-refractivity contribution is 0.102. The summed E-state index contributed by atoms with van der Waals surface area (Å²) in [4.78, 5) is 30.3. The van der Waals surface area contributed by atoms with Gasteiger partial charge in [-0.3, -0.25) is 14.7 Å². The van der Waals surface area contributed by atoms with Crippen molar-refractivity contribution >= 4 is 34.9 Å². The van der Waals surface area contributed by atoms with Gasteiger partial charge in [-0.2, -0.15) is 5.10 Å². The SMILES string of the molecule is O=C(Nc1cnccc1-n1cccn1)c1ccc(Cl)c(N2CCNC2=O)c1. The number of nitrogens with zero attached hydrogens (tertiary/aromatic N) is 4. The van der Waals surface area contributed by atoms with Crippen LogP contribution in [0.4, 0.5) is 16.2 Å². The second-order valence-corrected chi connectivity index (χ2v) is 6.25. The molecule has 3 heterocycles. The molecule has 3 amide bonds. The number of carbonyl (C=O) groups excluding carboxylic acids is 2. The molecule has 0 spiro atoms. The van der Waals surface area contributed by atoms with Crippen molar-refractivity contribution in [1.29, 1.82) is 0 Å². The van der Waals surface area contributed by atoms with Crippen LogP contribution < -0.4 is 15.5 Å². The van der Waals surface area contributed by atoms with E-state index in [0.29, 0.717) is 40.7 Å². The van der Waals surface area contributed by atoms with Crippen molar-refractivity contribution in [3.05, 3.63) is 65.7 Å². The van der Waals surface area contributed by atoms with Gasteiger partial charge in [-0.15, -0.1) is 0 Å². The van der Waals surface area contributed by atoms with E-state index in [1.165, 1.54) is 4.90 Å². The Labute approximate surface area is 159 Å². The third kappa shape index (κ3) is 3.34. The maximum absolute atomic E-state index is 12.8. The molecule has 1 saturated heterocycles. The fraction of sp³-hybridized carbons (Fsp3) is 0.111. The first kappa shape index (κ1) is 17.0. The molecule has 0 radical (unpaired) electrons. The lowest BCUT2D eigenvalue weighted by atomic mass is 10.1. The van der Waals surface area contributed by atoms with Gasteiger partial charge in [0.05, 0.1) is 28.3 Å². The molecule has 8 nitrogen and oxygen atoms in total. The van der Waals surface area contributed by atoms with Crippen LogP contribution in [0.25, 0.3) is 5.69 Å². The van der Waals surface area contributed by atoms with Gasteiger partial charge < -0.3 is 10.6 Å². The molecule has 0 atom stereocenters. The predicted octanol–water partition coefficient (Wildman–Crippen LogP) is 2.70. The summed E-state index contributed by atoms with van der Waals surface area (Å²) in [5, 5.41) is 10.1. The Balaban J connectivity index is 1.62. The Hall–Kier alpha value is -3.39. The van der Waals surface area contributed by atoms with Gasteiger partial charge in [-0.05, 0) is 30.3 Å². The number of pyridine rings is 1. The van der Waals surface area contributed by atoms with Gasteiger partial charge in [0.1, 0.15) is 0 Å².